The minimum Gasteiger partial charge on any atom is -0.312 e. The Morgan fingerprint density at radius 1 is 1.26 bits per heavy atom. The molecule has 1 aromatic rings. The van der Waals surface area contributed by atoms with E-state index in [0.29, 0.717) is 18.8 Å². The van der Waals surface area contributed by atoms with Gasteiger partial charge in [0.1, 0.15) is 9.84 Å². The van der Waals surface area contributed by atoms with Crippen molar-refractivity contribution in [2.24, 2.45) is 0 Å². The fourth-order valence-electron chi connectivity index (χ4n) is 1.82. The SMILES string of the molecule is CCS(=O)(=O)CCCNC(CCl)Cc1ccccc1. The summed E-state index contributed by atoms with van der Waals surface area (Å²) in [5, 5.41) is 3.32. The first-order valence-corrected chi connectivity index (χ1v) is 8.96. The van der Waals surface area contributed by atoms with E-state index in [1.165, 1.54) is 5.56 Å². The number of halogens is 1. The summed E-state index contributed by atoms with van der Waals surface area (Å²) in [5.41, 5.74) is 1.24. The lowest BCUT2D eigenvalue weighted by Crippen LogP contribution is -2.34. The van der Waals surface area contributed by atoms with E-state index in [-0.39, 0.29) is 17.5 Å². The molecule has 108 valence electrons. The Bertz CT molecular complexity index is 448. The molecule has 1 N–H and O–H groups in total. The molecule has 0 aliphatic heterocycles. The number of benzene rings is 1. The highest BCUT2D eigenvalue weighted by atomic mass is 35.5. The highest BCUT2D eigenvalue weighted by Crippen LogP contribution is 2.04. The van der Waals surface area contributed by atoms with E-state index in [0.717, 1.165) is 6.42 Å². The van der Waals surface area contributed by atoms with Crippen LogP contribution in [0.5, 0.6) is 0 Å². The summed E-state index contributed by atoms with van der Waals surface area (Å²) >= 11 is 5.93. The van der Waals surface area contributed by atoms with Crippen LogP contribution in [0.4, 0.5) is 0 Å². The molecular formula is C14H22ClNO2S. The van der Waals surface area contributed by atoms with Crippen LogP contribution in [0, 0.1) is 0 Å². The molecule has 19 heavy (non-hydrogen) atoms. The Hall–Kier alpha value is -0.580. The van der Waals surface area contributed by atoms with E-state index in [1.807, 2.05) is 18.2 Å². The third-order valence-corrected chi connectivity index (χ3v) is 5.18. The number of alkyl halides is 1. The Morgan fingerprint density at radius 3 is 2.53 bits per heavy atom. The van der Waals surface area contributed by atoms with Crippen LogP contribution in [0.15, 0.2) is 30.3 Å². The van der Waals surface area contributed by atoms with Gasteiger partial charge in [0.2, 0.25) is 0 Å². The van der Waals surface area contributed by atoms with Crippen molar-refractivity contribution in [3.8, 4) is 0 Å². The van der Waals surface area contributed by atoms with Gasteiger partial charge < -0.3 is 5.32 Å². The number of rotatable bonds is 9. The van der Waals surface area contributed by atoms with E-state index in [4.69, 9.17) is 11.6 Å². The lowest BCUT2D eigenvalue weighted by molar-refractivity contribution is 0.543. The first-order valence-electron chi connectivity index (χ1n) is 6.61. The minimum atomic E-state index is -2.86. The Balaban J connectivity index is 2.30. The molecule has 5 heteroatoms. The van der Waals surface area contributed by atoms with Gasteiger partial charge in [-0.05, 0) is 24.9 Å². The molecule has 1 unspecified atom stereocenters. The van der Waals surface area contributed by atoms with Crippen LogP contribution in [0.1, 0.15) is 18.9 Å². The topological polar surface area (TPSA) is 46.2 Å². The molecule has 3 nitrogen and oxygen atoms in total. The predicted octanol–water partition coefficient (Wildman–Crippen LogP) is 2.25. The lowest BCUT2D eigenvalue weighted by Gasteiger charge is -2.16. The van der Waals surface area contributed by atoms with Crippen molar-refractivity contribution in [2.75, 3.05) is 23.9 Å². The van der Waals surface area contributed by atoms with Crippen LogP contribution >= 0.6 is 11.6 Å². The van der Waals surface area contributed by atoms with Crippen molar-refractivity contribution in [3.63, 3.8) is 0 Å². The second-order valence-corrected chi connectivity index (χ2v) is 7.37. The molecule has 0 aliphatic rings. The third-order valence-electron chi connectivity index (χ3n) is 3.02. The number of sulfone groups is 1. The molecule has 0 heterocycles. The van der Waals surface area contributed by atoms with Crippen LogP contribution in [0.25, 0.3) is 0 Å². The van der Waals surface area contributed by atoms with E-state index in [2.05, 4.69) is 17.4 Å². The normalized spacial score (nSPS) is 13.4. The average Bonchev–Trinajstić information content (AvgIpc) is 2.43. The summed E-state index contributed by atoms with van der Waals surface area (Å²) in [6.07, 6.45) is 1.50. The first-order chi connectivity index (χ1) is 9.07. The van der Waals surface area contributed by atoms with Gasteiger partial charge in [-0.25, -0.2) is 8.42 Å². The fourth-order valence-corrected chi connectivity index (χ4v) is 2.91. The second kappa shape index (κ2) is 8.56. The maximum atomic E-state index is 11.4. The molecule has 0 fully saturated rings. The van der Waals surface area contributed by atoms with Gasteiger partial charge in [0, 0.05) is 17.7 Å². The molecule has 1 aromatic carbocycles. The summed E-state index contributed by atoms with van der Waals surface area (Å²) < 4.78 is 22.7. The Kier molecular flexibility index (Phi) is 7.42. The van der Waals surface area contributed by atoms with Crippen molar-refractivity contribution in [3.05, 3.63) is 35.9 Å². The van der Waals surface area contributed by atoms with Gasteiger partial charge in [-0.15, -0.1) is 11.6 Å². The molecule has 0 aromatic heterocycles. The minimum absolute atomic E-state index is 0.188. The van der Waals surface area contributed by atoms with Crippen LogP contribution in [-0.2, 0) is 16.3 Å². The van der Waals surface area contributed by atoms with Crippen molar-refractivity contribution in [2.45, 2.75) is 25.8 Å². The standard InChI is InChI=1S/C14H22ClNO2S/c1-2-19(17,18)10-6-9-16-14(12-15)11-13-7-4-3-5-8-13/h3-5,7-8,14,16H,2,6,9-12H2,1H3. The van der Waals surface area contributed by atoms with E-state index < -0.39 is 9.84 Å². The van der Waals surface area contributed by atoms with Crippen molar-refractivity contribution >= 4 is 21.4 Å². The van der Waals surface area contributed by atoms with Crippen molar-refractivity contribution < 1.29 is 8.42 Å². The quantitative estimate of drug-likeness (QED) is 0.562. The monoisotopic (exact) mass is 303 g/mol. The Morgan fingerprint density at radius 2 is 1.95 bits per heavy atom. The van der Waals surface area contributed by atoms with Crippen LogP contribution in [0.3, 0.4) is 0 Å². The van der Waals surface area contributed by atoms with Gasteiger partial charge in [-0.3, -0.25) is 0 Å². The maximum absolute atomic E-state index is 11.4. The molecule has 0 radical (unpaired) electrons. The summed E-state index contributed by atoms with van der Waals surface area (Å²) in [7, 11) is -2.86. The van der Waals surface area contributed by atoms with E-state index in [9.17, 15) is 8.42 Å². The molecule has 1 rings (SSSR count). The number of hydrogen-bond acceptors (Lipinski definition) is 3. The van der Waals surface area contributed by atoms with Gasteiger partial charge >= 0.3 is 0 Å². The smallest absolute Gasteiger partial charge is 0.150 e. The molecule has 0 amide bonds. The number of hydrogen-bond donors (Lipinski definition) is 1. The third kappa shape index (κ3) is 6.95. The molecule has 0 saturated carbocycles. The lowest BCUT2D eigenvalue weighted by atomic mass is 10.1. The average molecular weight is 304 g/mol. The highest BCUT2D eigenvalue weighted by molar-refractivity contribution is 7.91. The summed E-state index contributed by atoms with van der Waals surface area (Å²) in [4.78, 5) is 0. The maximum Gasteiger partial charge on any atom is 0.150 e. The molecule has 0 spiro atoms. The van der Waals surface area contributed by atoms with Crippen molar-refractivity contribution in [1.82, 2.24) is 5.32 Å². The zero-order valence-corrected chi connectivity index (χ0v) is 12.9. The fraction of sp³-hybridized carbons (Fsp3) is 0.571. The second-order valence-electron chi connectivity index (χ2n) is 4.58. The zero-order valence-electron chi connectivity index (χ0n) is 11.3. The van der Waals surface area contributed by atoms with Crippen LogP contribution in [0.2, 0.25) is 0 Å². The molecule has 0 bridgehead atoms. The molecular weight excluding hydrogens is 282 g/mol. The van der Waals surface area contributed by atoms with Gasteiger partial charge in [0.05, 0.1) is 5.75 Å². The molecule has 0 saturated heterocycles. The summed E-state index contributed by atoms with van der Waals surface area (Å²) in [6, 6.07) is 10.3. The van der Waals surface area contributed by atoms with Gasteiger partial charge in [-0.2, -0.15) is 0 Å². The summed E-state index contributed by atoms with van der Waals surface area (Å²) in [5.74, 6) is 0.988. The zero-order chi connectivity index (χ0) is 14.1. The van der Waals surface area contributed by atoms with E-state index >= 15 is 0 Å². The predicted molar refractivity (Wildman–Crippen MR) is 81.6 cm³/mol. The van der Waals surface area contributed by atoms with Gasteiger partial charge in [-0.1, -0.05) is 37.3 Å². The van der Waals surface area contributed by atoms with Gasteiger partial charge in [0.25, 0.3) is 0 Å². The first kappa shape index (κ1) is 16.5. The highest BCUT2D eigenvalue weighted by Gasteiger charge is 2.09. The van der Waals surface area contributed by atoms with Crippen LogP contribution < -0.4 is 5.32 Å². The van der Waals surface area contributed by atoms with Crippen LogP contribution in [-0.4, -0.2) is 38.4 Å². The number of nitrogens with one attached hydrogen (secondary N) is 1. The Labute approximate surface area is 121 Å². The largest absolute Gasteiger partial charge is 0.312 e. The van der Waals surface area contributed by atoms with E-state index in [1.54, 1.807) is 6.92 Å². The van der Waals surface area contributed by atoms with Gasteiger partial charge in [0.15, 0.2) is 0 Å². The molecule has 0 aliphatic carbocycles. The molecule has 1 atom stereocenters. The van der Waals surface area contributed by atoms with Crippen molar-refractivity contribution in [1.29, 1.82) is 0 Å². The summed E-state index contributed by atoms with van der Waals surface area (Å²) in [6.45, 7) is 2.36.